The van der Waals surface area contributed by atoms with Gasteiger partial charge in [-0.3, -0.25) is 9.48 Å². The van der Waals surface area contributed by atoms with Gasteiger partial charge in [0.2, 0.25) is 5.82 Å². The second-order valence-corrected chi connectivity index (χ2v) is 12.5. The van der Waals surface area contributed by atoms with E-state index in [2.05, 4.69) is 60.5 Å². The number of ether oxygens (including phenoxy) is 1. The number of carbonyl (C=O) groups excluding carboxylic acids is 1. The first kappa shape index (κ1) is 31.3. The van der Waals surface area contributed by atoms with Gasteiger partial charge in [0.15, 0.2) is 17.3 Å². The molecule has 1 aliphatic rings. The predicted molar refractivity (Wildman–Crippen MR) is 164 cm³/mol. The maximum absolute atomic E-state index is 14.8. The first-order chi connectivity index (χ1) is 21.1. The smallest absolute Gasteiger partial charge is 0.276 e. The first-order valence-electron chi connectivity index (χ1n) is 15.5. The van der Waals surface area contributed by atoms with Gasteiger partial charge in [-0.15, -0.1) is 10.2 Å². The van der Waals surface area contributed by atoms with Gasteiger partial charge in [0, 0.05) is 25.2 Å². The first-order valence-corrected chi connectivity index (χ1v) is 15.5. The SMILES string of the molecule is CCCc1c(C(=O)N2CCCCC(Cn3cc(-c4ccc(OCC)c(F)c4F)nn3)C2)nnn1-c1ccc(C(C)(C)C)cc1. The normalized spacial score (nSPS) is 15.8. The average Bonchev–Trinajstić information content (AvgIpc) is 3.56. The van der Waals surface area contributed by atoms with Crippen molar-refractivity contribution >= 4 is 5.91 Å². The lowest BCUT2D eigenvalue weighted by molar-refractivity contribution is 0.0728. The van der Waals surface area contributed by atoms with Crippen molar-refractivity contribution in [1.29, 1.82) is 0 Å². The third kappa shape index (κ3) is 6.66. The lowest BCUT2D eigenvalue weighted by Gasteiger charge is -2.24. The third-order valence-corrected chi connectivity index (χ3v) is 8.09. The molecule has 2 aromatic carbocycles. The van der Waals surface area contributed by atoms with Crippen molar-refractivity contribution in [3.05, 3.63) is 71.2 Å². The van der Waals surface area contributed by atoms with Gasteiger partial charge in [-0.2, -0.15) is 4.39 Å². The zero-order valence-corrected chi connectivity index (χ0v) is 26.2. The van der Waals surface area contributed by atoms with Crippen LogP contribution in [0.1, 0.15) is 82.0 Å². The van der Waals surface area contributed by atoms with E-state index in [0.29, 0.717) is 31.7 Å². The number of likely N-dealkylation sites (tertiary alicyclic amines) is 1. The van der Waals surface area contributed by atoms with Crippen molar-refractivity contribution in [2.24, 2.45) is 5.92 Å². The molecule has 234 valence electrons. The zero-order chi connectivity index (χ0) is 31.4. The Bertz CT molecular complexity index is 1590. The summed E-state index contributed by atoms with van der Waals surface area (Å²) in [7, 11) is 0. The van der Waals surface area contributed by atoms with Gasteiger partial charge < -0.3 is 9.64 Å². The number of hydrogen-bond donors (Lipinski definition) is 0. The van der Waals surface area contributed by atoms with Crippen LogP contribution in [0.5, 0.6) is 5.75 Å². The fraction of sp³-hybridized carbons (Fsp3) is 0.485. The Morgan fingerprint density at radius 1 is 1.00 bits per heavy atom. The van der Waals surface area contributed by atoms with Crippen LogP contribution in [0.15, 0.2) is 42.6 Å². The molecule has 44 heavy (non-hydrogen) atoms. The minimum atomic E-state index is -1.04. The van der Waals surface area contributed by atoms with Gasteiger partial charge >= 0.3 is 0 Å². The molecule has 9 nitrogen and oxygen atoms in total. The van der Waals surface area contributed by atoms with E-state index in [-0.39, 0.29) is 40.9 Å². The summed E-state index contributed by atoms with van der Waals surface area (Å²) in [5.74, 6) is -2.21. The van der Waals surface area contributed by atoms with Crippen molar-refractivity contribution in [2.75, 3.05) is 19.7 Å². The molecule has 1 unspecified atom stereocenters. The van der Waals surface area contributed by atoms with Gasteiger partial charge in [-0.25, -0.2) is 9.07 Å². The summed E-state index contributed by atoms with van der Waals surface area (Å²) < 4.78 is 37.8. The van der Waals surface area contributed by atoms with Crippen molar-refractivity contribution in [1.82, 2.24) is 34.9 Å². The molecule has 5 rings (SSSR count). The van der Waals surface area contributed by atoms with Crippen molar-refractivity contribution in [3.63, 3.8) is 0 Å². The molecule has 0 aliphatic carbocycles. The highest BCUT2D eigenvalue weighted by atomic mass is 19.2. The average molecular weight is 606 g/mol. The highest BCUT2D eigenvalue weighted by Crippen LogP contribution is 2.29. The molecule has 0 radical (unpaired) electrons. The maximum Gasteiger partial charge on any atom is 0.276 e. The molecule has 4 aromatic rings. The fourth-order valence-corrected chi connectivity index (χ4v) is 5.72. The van der Waals surface area contributed by atoms with Crippen LogP contribution < -0.4 is 4.74 Å². The number of benzene rings is 2. The summed E-state index contributed by atoms with van der Waals surface area (Å²) in [5, 5.41) is 17.1. The Balaban J connectivity index is 1.32. The highest BCUT2D eigenvalue weighted by Gasteiger charge is 2.29. The van der Waals surface area contributed by atoms with Crippen LogP contribution in [-0.2, 0) is 18.4 Å². The quantitative estimate of drug-likeness (QED) is 0.220. The molecule has 1 aliphatic heterocycles. The molecule has 0 saturated carbocycles. The number of carbonyl (C=O) groups is 1. The van der Waals surface area contributed by atoms with Crippen LogP contribution in [-0.4, -0.2) is 60.5 Å². The number of rotatable bonds is 9. The van der Waals surface area contributed by atoms with E-state index >= 15 is 0 Å². The Hall–Kier alpha value is -4.15. The number of aromatic nitrogens is 6. The minimum Gasteiger partial charge on any atom is -0.491 e. The molecule has 0 N–H and O–H groups in total. The summed E-state index contributed by atoms with van der Waals surface area (Å²) in [4.78, 5) is 15.8. The van der Waals surface area contributed by atoms with E-state index in [9.17, 15) is 13.6 Å². The van der Waals surface area contributed by atoms with E-state index in [1.54, 1.807) is 22.5 Å². The monoisotopic (exact) mass is 605 g/mol. The fourth-order valence-electron chi connectivity index (χ4n) is 5.72. The topological polar surface area (TPSA) is 91.0 Å². The summed E-state index contributed by atoms with van der Waals surface area (Å²) in [6.07, 6.45) is 5.89. The van der Waals surface area contributed by atoms with E-state index in [0.717, 1.165) is 37.1 Å². The molecule has 3 heterocycles. The molecule has 1 saturated heterocycles. The molecule has 0 spiro atoms. The van der Waals surface area contributed by atoms with E-state index in [1.165, 1.54) is 17.7 Å². The van der Waals surface area contributed by atoms with Crippen LogP contribution in [0.2, 0.25) is 0 Å². The van der Waals surface area contributed by atoms with Crippen LogP contribution in [0.3, 0.4) is 0 Å². The van der Waals surface area contributed by atoms with Crippen molar-refractivity contribution in [2.45, 2.75) is 78.7 Å². The number of halogens is 2. The van der Waals surface area contributed by atoms with Crippen molar-refractivity contribution in [3.8, 4) is 22.7 Å². The van der Waals surface area contributed by atoms with Crippen LogP contribution >= 0.6 is 0 Å². The van der Waals surface area contributed by atoms with E-state index in [4.69, 9.17) is 4.74 Å². The second kappa shape index (κ2) is 13.2. The molecule has 0 bridgehead atoms. The van der Waals surface area contributed by atoms with E-state index < -0.39 is 11.6 Å². The lowest BCUT2D eigenvalue weighted by Crippen LogP contribution is -2.36. The summed E-state index contributed by atoms with van der Waals surface area (Å²) in [6.45, 7) is 12.2. The Labute approximate surface area is 257 Å². The molecule has 1 amide bonds. The predicted octanol–water partition coefficient (Wildman–Crippen LogP) is 6.40. The largest absolute Gasteiger partial charge is 0.491 e. The summed E-state index contributed by atoms with van der Waals surface area (Å²) in [5.41, 5.74) is 3.61. The third-order valence-electron chi connectivity index (χ3n) is 8.09. The number of hydrogen-bond acceptors (Lipinski definition) is 6. The number of nitrogens with zero attached hydrogens (tertiary/aromatic N) is 7. The second-order valence-electron chi connectivity index (χ2n) is 12.5. The van der Waals surface area contributed by atoms with Crippen molar-refractivity contribution < 1.29 is 18.3 Å². The van der Waals surface area contributed by atoms with Crippen LogP contribution in [0.4, 0.5) is 8.78 Å². The van der Waals surface area contributed by atoms with Gasteiger partial charge in [0.05, 0.1) is 24.2 Å². The molecule has 11 heteroatoms. The number of amides is 1. The lowest BCUT2D eigenvalue weighted by atomic mass is 9.87. The summed E-state index contributed by atoms with van der Waals surface area (Å²) in [6, 6.07) is 11.1. The zero-order valence-electron chi connectivity index (χ0n) is 26.2. The van der Waals surface area contributed by atoms with E-state index in [1.807, 2.05) is 17.0 Å². The molecule has 1 fully saturated rings. The Morgan fingerprint density at radius 3 is 2.48 bits per heavy atom. The highest BCUT2D eigenvalue weighted by molar-refractivity contribution is 5.93. The molecule has 2 aromatic heterocycles. The Kier molecular flexibility index (Phi) is 9.41. The standard InChI is InChI=1S/C33H41F2N7O2/c1-6-10-27-31(37-39-42(27)24-14-12-23(13-15-24)33(3,4)5)32(43)40-18-9-8-11-22(19-40)20-41-21-26(36-38-41)25-16-17-28(44-7-2)30(35)29(25)34/h12-17,21-22H,6-11,18-20H2,1-5H3. The maximum atomic E-state index is 14.8. The summed E-state index contributed by atoms with van der Waals surface area (Å²) >= 11 is 0. The van der Waals surface area contributed by atoms with Crippen LogP contribution in [0.25, 0.3) is 16.9 Å². The minimum absolute atomic E-state index is 0.0226. The van der Waals surface area contributed by atoms with Crippen LogP contribution in [0, 0.1) is 17.6 Å². The molecular weight excluding hydrogens is 564 g/mol. The van der Waals surface area contributed by atoms with Gasteiger partial charge in [-0.05, 0) is 67.3 Å². The van der Waals surface area contributed by atoms with Gasteiger partial charge in [0.25, 0.3) is 5.91 Å². The Morgan fingerprint density at radius 2 is 1.77 bits per heavy atom. The van der Waals surface area contributed by atoms with Gasteiger partial charge in [-0.1, -0.05) is 63.1 Å². The van der Waals surface area contributed by atoms with Gasteiger partial charge in [0.1, 0.15) is 5.69 Å². The molecule has 1 atom stereocenters. The molecular formula is C33H41F2N7O2.